The molecule has 0 fully saturated rings. The Kier molecular flexibility index (Phi) is 7.46. The minimum absolute atomic E-state index is 0.636. The maximum Gasteiger partial charge on any atom is 0.120 e. The van der Waals surface area contributed by atoms with Crippen LogP contribution in [0.4, 0.5) is 0 Å². The van der Waals surface area contributed by atoms with Crippen molar-refractivity contribution in [3.63, 3.8) is 0 Å². The van der Waals surface area contributed by atoms with Gasteiger partial charge in [-0.25, -0.2) is 0 Å². The third-order valence-electron chi connectivity index (χ3n) is 0.816. The summed E-state index contributed by atoms with van der Waals surface area (Å²) >= 11 is 3.18. The molecule has 9 heavy (non-hydrogen) atoms. The van der Waals surface area contributed by atoms with Gasteiger partial charge in [-0.05, 0) is 6.42 Å². The Balaban J connectivity index is 2.98. The molecule has 0 atom stereocenters. The molecule has 0 saturated carbocycles. The third-order valence-corrected chi connectivity index (χ3v) is 1.10. The molecule has 0 unspecified atom stereocenters. The first-order valence-electron chi connectivity index (χ1n) is 2.87. The van der Waals surface area contributed by atoms with Crippen molar-refractivity contribution in [3.8, 4) is 11.8 Å². The van der Waals surface area contributed by atoms with Crippen LogP contribution in [-0.4, -0.2) is 11.6 Å². The first-order valence-corrected chi connectivity index (χ1v) is 3.99. The average molecular weight is 189 g/mol. The average Bonchev–Trinajstić information content (AvgIpc) is 1.89. The molecular weight excluding hydrogens is 180 g/mol. The number of unbranched alkanes of at least 4 members (excludes halogenated alkanes) is 2. The molecule has 0 saturated heterocycles. The molecule has 50 valence electrons. The predicted molar refractivity (Wildman–Crippen MR) is 41.5 cm³/mol. The lowest BCUT2D eigenvalue weighted by atomic mass is 10.2. The maximum atomic E-state index is 9.78. The van der Waals surface area contributed by atoms with Gasteiger partial charge in [0.2, 0.25) is 0 Å². The molecule has 0 bridgehead atoms. The van der Waals surface area contributed by atoms with Crippen molar-refractivity contribution < 1.29 is 4.79 Å². The lowest BCUT2D eigenvalue weighted by Crippen LogP contribution is -1.73. The first-order chi connectivity index (χ1) is 4.41. The highest BCUT2D eigenvalue weighted by Gasteiger charge is 1.78. The van der Waals surface area contributed by atoms with E-state index < -0.39 is 0 Å². The van der Waals surface area contributed by atoms with E-state index in [1.54, 1.807) is 0 Å². The predicted octanol–water partition coefficient (Wildman–Crippen LogP) is 1.75. The summed E-state index contributed by atoms with van der Waals surface area (Å²) in [5.41, 5.74) is 0. The fourth-order valence-corrected chi connectivity index (χ4v) is 0.608. The van der Waals surface area contributed by atoms with Crippen molar-refractivity contribution in [3.05, 3.63) is 0 Å². The van der Waals surface area contributed by atoms with Crippen LogP contribution in [-0.2, 0) is 4.79 Å². The molecule has 1 nitrogen and oxygen atoms in total. The standard InChI is InChI=1S/C7H9BrO/c8-6-4-2-1-3-5-7-9/h7H,1,3,5-6H2. The minimum atomic E-state index is 0.636. The largest absolute Gasteiger partial charge is 0.303 e. The summed E-state index contributed by atoms with van der Waals surface area (Å²) in [6.45, 7) is 0. The molecule has 0 aromatic heterocycles. The van der Waals surface area contributed by atoms with E-state index in [4.69, 9.17) is 0 Å². The van der Waals surface area contributed by atoms with E-state index in [2.05, 4.69) is 27.8 Å². The molecule has 0 aromatic carbocycles. The zero-order chi connectivity index (χ0) is 6.95. The van der Waals surface area contributed by atoms with Crippen LogP contribution < -0.4 is 0 Å². The smallest absolute Gasteiger partial charge is 0.120 e. The van der Waals surface area contributed by atoms with Gasteiger partial charge < -0.3 is 4.79 Å². The second kappa shape index (κ2) is 7.71. The number of halogens is 1. The highest BCUT2D eigenvalue weighted by molar-refractivity contribution is 9.09. The van der Waals surface area contributed by atoms with E-state index in [1.807, 2.05) is 0 Å². The first kappa shape index (κ1) is 8.71. The molecule has 0 aliphatic heterocycles. The zero-order valence-corrected chi connectivity index (χ0v) is 6.78. The number of rotatable bonds is 3. The Bertz CT molecular complexity index is 121. The van der Waals surface area contributed by atoms with Crippen LogP contribution in [0.5, 0.6) is 0 Å². The molecule has 0 aliphatic carbocycles. The summed E-state index contributed by atoms with van der Waals surface area (Å²) in [5.74, 6) is 5.77. The SMILES string of the molecule is O=CCCCC#CCBr. The molecule has 0 amide bonds. The Hall–Kier alpha value is -0.290. The van der Waals surface area contributed by atoms with Crippen molar-refractivity contribution in [2.24, 2.45) is 0 Å². The minimum Gasteiger partial charge on any atom is -0.303 e. The van der Waals surface area contributed by atoms with Crippen molar-refractivity contribution in [2.45, 2.75) is 19.3 Å². The molecule has 0 spiro atoms. The van der Waals surface area contributed by atoms with Crippen LogP contribution in [0.15, 0.2) is 0 Å². The van der Waals surface area contributed by atoms with Gasteiger partial charge in [0.1, 0.15) is 6.29 Å². The number of carbonyl (C=O) groups is 1. The van der Waals surface area contributed by atoms with Gasteiger partial charge in [0.05, 0.1) is 5.33 Å². The number of carbonyl (C=O) groups excluding carboxylic acids is 1. The topological polar surface area (TPSA) is 17.1 Å². The number of aldehydes is 1. The number of alkyl halides is 1. The second-order valence-electron chi connectivity index (χ2n) is 1.55. The number of hydrogen-bond acceptors (Lipinski definition) is 1. The van der Waals surface area contributed by atoms with E-state index in [0.29, 0.717) is 6.42 Å². The van der Waals surface area contributed by atoms with Crippen LogP contribution in [0.3, 0.4) is 0 Å². The summed E-state index contributed by atoms with van der Waals surface area (Å²) in [6.07, 6.45) is 3.29. The Labute approximate surface area is 64.0 Å². The Morgan fingerprint density at radius 2 is 2.22 bits per heavy atom. The van der Waals surface area contributed by atoms with E-state index in [1.165, 1.54) is 0 Å². The van der Waals surface area contributed by atoms with Crippen LogP contribution in [0, 0.1) is 11.8 Å². The van der Waals surface area contributed by atoms with Gasteiger partial charge in [-0.3, -0.25) is 0 Å². The maximum absolute atomic E-state index is 9.78. The zero-order valence-electron chi connectivity index (χ0n) is 5.19. The summed E-state index contributed by atoms with van der Waals surface area (Å²) in [4.78, 5) is 9.78. The van der Waals surface area contributed by atoms with Gasteiger partial charge >= 0.3 is 0 Å². The van der Waals surface area contributed by atoms with Crippen LogP contribution in [0.25, 0.3) is 0 Å². The second-order valence-corrected chi connectivity index (χ2v) is 2.11. The van der Waals surface area contributed by atoms with Gasteiger partial charge in [0, 0.05) is 12.8 Å². The van der Waals surface area contributed by atoms with Gasteiger partial charge in [-0.1, -0.05) is 21.9 Å². The van der Waals surface area contributed by atoms with E-state index >= 15 is 0 Å². The van der Waals surface area contributed by atoms with E-state index in [0.717, 1.165) is 24.5 Å². The normalized spacial score (nSPS) is 7.67. The van der Waals surface area contributed by atoms with Gasteiger partial charge in [-0.15, -0.1) is 5.92 Å². The summed E-state index contributed by atoms with van der Waals surface area (Å²) in [5, 5.41) is 0.730. The van der Waals surface area contributed by atoms with Gasteiger partial charge in [0.15, 0.2) is 0 Å². The lowest BCUT2D eigenvalue weighted by Gasteiger charge is -1.81. The summed E-state index contributed by atoms with van der Waals surface area (Å²) < 4.78 is 0. The van der Waals surface area contributed by atoms with Crippen LogP contribution in [0.1, 0.15) is 19.3 Å². The van der Waals surface area contributed by atoms with E-state index in [-0.39, 0.29) is 0 Å². The Morgan fingerprint density at radius 1 is 1.44 bits per heavy atom. The highest BCUT2D eigenvalue weighted by Crippen LogP contribution is 1.89. The lowest BCUT2D eigenvalue weighted by molar-refractivity contribution is -0.107. The van der Waals surface area contributed by atoms with Crippen LogP contribution in [0.2, 0.25) is 0 Å². The fraction of sp³-hybridized carbons (Fsp3) is 0.571. The van der Waals surface area contributed by atoms with E-state index in [9.17, 15) is 4.79 Å². The quantitative estimate of drug-likeness (QED) is 0.286. The van der Waals surface area contributed by atoms with Crippen molar-refractivity contribution >= 4 is 22.2 Å². The summed E-state index contributed by atoms with van der Waals surface area (Å²) in [7, 11) is 0. The fourth-order valence-electron chi connectivity index (χ4n) is 0.409. The molecule has 0 aromatic rings. The number of hydrogen-bond donors (Lipinski definition) is 0. The monoisotopic (exact) mass is 188 g/mol. The molecule has 0 radical (unpaired) electrons. The highest BCUT2D eigenvalue weighted by atomic mass is 79.9. The van der Waals surface area contributed by atoms with Gasteiger partial charge in [-0.2, -0.15) is 0 Å². The van der Waals surface area contributed by atoms with Crippen LogP contribution >= 0.6 is 15.9 Å². The van der Waals surface area contributed by atoms with Crippen molar-refractivity contribution in [2.75, 3.05) is 5.33 Å². The van der Waals surface area contributed by atoms with Gasteiger partial charge in [0.25, 0.3) is 0 Å². The van der Waals surface area contributed by atoms with Crippen molar-refractivity contribution in [1.82, 2.24) is 0 Å². The molecule has 0 rings (SSSR count). The Morgan fingerprint density at radius 3 is 2.78 bits per heavy atom. The molecular formula is C7H9BrO. The molecule has 2 heteroatoms. The molecule has 0 heterocycles. The molecule has 0 N–H and O–H groups in total. The van der Waals surface area contributed by atoms with Crippen molar-refractivity contribution in [1.29, 1.82) is 0 Å². The molecule has 0 aliphatic rings. The third kappa shape index (κ3) is 7.71. The summed E-state index contributed by atoms with van der Waals surface area (Å²) in [6, 6.07) is 0.